The third kappa shape index (κ3) is 5.65. The van der Waals surface area contributed by atoms with E-state index in [0.717, 1.165) is 5.56 Å². The number of carbonyl (C=O) groups is 1. The third-order valence-corrected chi connectivity index (χ3v) is 5.05. The zero-order valence-corrected chi connectivity index (χ0v) is 14.7. The molecule has 2 aromatic rings. The minimum absolute atomic E-state index is 0.0262. The Morgan fingerprint density at radius 1 is 1.04 bits per heavy atom. The number of nitriles is 1. The molecule has 6 nitrogen and oxygen atoms in total. The summed E-state index contributed by atoms with van der Waals surface area (Å²) >= 11 is 0. The molecule has 0 spiro atoms. The standard InChI is InChI=1S/C18H18FN3O3S/c19-16-6-2-14(3-7-16)10-13-21-18(23)15-4-8-17(9-5-15)26(24,25)22-12-1-11-20/h2-9,22H,1,10,12-13H2,(H,21,23). The molecular formula is C18H18FN3O3S. The Balaban J connectivity index is 1.89. The molecule has 0 unspecified atom stereocenters. The van der Waals surface area contributed by atoms with Crippen molar-refractivity contribution < 1.29 is 17.6 Å². The largest absolute Gasteiger partial charge is 0.352 e. The van der Waals surface area contributed by atoms with Gasteiger partial charge in [-0.15, -0.1) is 0 Å². The highest BCUT2D eigenvalue weighted by molar-refractivity contribution is 7.89. The number of hydrogen-bond acceptors (Lipinski definition) is 4. The van der Waals surface area contributed by atoms with E-state index in [-0.39, 0.29) is 29.6 Å². The van der Waals surface area contributed by atoms with Crippen molar-refractivity contribution in [1.82, 2.24) is 10.0 Å². The Bertz CT molecular complexity index is 889. The lowest BCUT2D eigenvalue weighted by atomic mass is 10.1. The van der Waals surface area contributed by atoms with Gasteiger partial charge in [-0.3, -0.25) is 4.79 Å². The minimum Gasteiger partial charge on any atom is -0.352 e. The SMILES string of the molecule is N#CCCNS(=O)(=O)c1ccc(C(=O)NCCc2ccc(F)cc2)cc1. The number of halogens is 1. The summed E-state index contributed by atoms with van der Waals surface area (Å²) in [6, 6.07) is 13.4. The van der Waals surface area contributed by atoms with Crippen LogP contribution in [0.15, 0.2) is 53.4 Å². The zero-order valence-electron chi connectivity index (χ0n) is 13.9. The molecule has 0 saturated carbocycles. The summed E-state index contributed by atoms with van der Waals surface area (Å²) in [7, 11) is -3.69. The highest BCUT2D eigenvalue weighted by Gasteiger charge is 2.14. The van der Waals surface area contributed by atoms with Crippen molar-refractivity contribution in [2.45, 2.75) is 17.7 Å². The van der Waals surface area contributed by atoms with Gasteiger partial charge in [0.2, 0.25) is 10.0 Å². The van der Waals surface area contributed by atoms with Gasteiger partial charge < -0.3 is 5.32 Å². The second kappa shape index (κ2) is 9.08. The predicted octanol–water partition coefficient (Wildman–Crippen LogP) is 1.99. The van der Waals surface area contributed by atoms with E-state index in [4.69, 9.17) is 5.26 Å². The zero-order chi connectivity index (χ0) is 19.0. The smallest absolute Gasteiger partial charge is 0.251 e. The number of carbonyl (C=O) groups excluding carboxylic acids is 1. The van der Waals surface area contributed by atoms with E-state index in [1.54, 1.807) is 12.1 Å². The molecular weight excluding hydrogens is 357 g/mol. The predicted molar refractivity (Wildman–Crippen MR) is 94.3 cm³/mol. The molecule has 0 heterocycles. The van der Waals surface area contributed by atoms with Gasteiger partial charge >= 0.3 is 0 Å². The topological polar surface area (TPSA) is 99.1 Å². The van der Waals surface area contributed by atoms with Crippen molar-refractivity contribution in [1.29, 1.82) is 5.26 Å². The molecule has 1 amide bonds. The molecule has 136 valence electrons. The molecule has 0 aliphatic carbocycles. The van der Waals surface area contributed by atoms with Crippen LogP contribution in [0.5, 0.6) is 0 Å². The van der Waals surface area contributed by atoms with Crippen molar-refractivity contribution in [3.05, 3.63) is 65.5 Å². The van der Waals surface area contributed by atoms with Crippen LogP contribution in [-0.2, 0) is 16.4 Å². The van der Waals surface area contributed by atoms with Gasteiger partial charge in [-0.2, -0.15) is 5.26 Å². The fourth-order valence-electron chi connectivity index (χ4n) is 2.18. The lowest BCUT2D eigenvalue weighted by Gasteiger charge is -2.08. The Morgan fingerprint density at radius 2 is 1.69 bits per heavy atom. The maximum absolute atomic E-state index is 12.8. The van der Waals surface area contributed by atoms with E-state index in [2.05, 4.69) is 10.0 Å². The second-order valence-electron chi connectivity index (χ2n) is 5.46. The number of nitrogens with one attached hydrogen (secondary N) is 2. The maximum Gasteiger partial charge on any atom is 0.251 e. The summed E-state index contributed by atoms with van der Waals surface area (Å²) in [6.45, 7) is 0.407. The van der Waals surface area contributed by atoms with Gasteiger partial charge in [0.1, 0.15) is 5.82 Å². The normalized spacial score (nSPS) is 10.9. The molecule has 2 aromatic carbocycles. The third-order valence-electron chi connectivity index (χ3n) is 3.57. The van der Waals surface area contributed by atoms with Crippen LogP contribution in [0.3, 0.4) is 0 Å². The quantitative estimate of drug-likeness (QED) is 0.689. The lowest BCUT2D eigenvalue weighted by Crippen LogP contribution is -2.26. The van der Waals surface area contributed by atoms with E-state index < -0.39 is 10.0 Å². The van der Waals surface area contributed by atoms with Crippen LogP contribution in [-0.4, -0.2) is 27.4 Å². The lowest BCUT2D eigenvalue weighted by molar-refractivity contribution is 0.0954. The molecule has 0 bridgehead atoms. The number of hydrogen-bond donors (Lipinski definition) is 2. The molecule has 0 saturated heterocycles. The van der Waals surface area contributed by atoms with Crippen LogP contribution in [0.4, 0.5) is 4.39 Å². The van der Waals surface area contributed by atoms with E-state index in [9.17, 15) is 17.6 Å². The van der Waals surface area contributed by atoms with Gasteiger partial charge in [0.25, 0.3) is 5.91 Å². The second-order valence-corrected chi connectivity index (χ2v) is 7.23. The number of benzene rings is 2. The first-order valence-corrected chi connectivity index (χ1v) is 9.40. The van der Waals surface area contributed by atoms with Gasteiger partial charge in [-0.25, -0.2) is 17.5 Å². The minimum atomic E-state index is -3.69. The molecule has 8 heteroatoms. The van der Waals surface area contributed by atoms with E-state index in [1.807, 2.05) is 6.07 Å². The Kier molecular flexibility index (Phi) is 6.83. The van der Waals surface area contributed by atoms with Gasteiger partial charge in [-0.1, -0.05) is 12.1 Å². The van der Waals surface area contributed by atoms with Crippen LogP contribution in [0.1, 0.15) is 22.3 Å². The molecule has 0 atom stereocenters. The molecule has 0 radical (unpaired) electrons. The molecule has 0 aliphatic rings. The molecule has 2 N–H and O–H groups in total. The summed E-state index contributed by atoms with van der Waals surface area (Å²) in [5.41, 5.74) is 1.23. The van der Waals surface area contributed by atoms with Crippen molar-refractivity contribution in [2.24, 2.45) is 0 Å². The van der Waals surface area contributed by atoms with Gasteiger partial charge in [0.15, 0.2) is 0 Å². The molecule has 0 aliphatic heterocycles. The fraction of sp³-hybridized carbons (Fsp3) is 0.222. The van der Waals surface area contributed by atoms with Crippen molar-refractivity contribution in [3.8, 4) is 6.07 Å². The van der Waals surface area contributed by atoms with Crippen LogP contribution in [0.25, 0.3) is 0 Å². The van der Waals surface area contributed by atoms with E-state index >= 15 is 0 Å². The van der Waals surface area contributed by atoms with Gasteiger partial charge in [0, 0.05) is 25.1 Å². The first-order chi connectivity index (χ1) is 12.4. The number of rotatable bonds is 8. The van der Waals surface area contributed by atoms with Crippen LogP contribution in [0, 0.1) is 17.1 Å². The van der Waals surface area contributed by atoms with Crippen LogP contribution >= 0.6 is 0 Å². The summed E-state index contributed by atoms with van der Waals surface area (Å²) < 4.78 is 39.1. The highest BCUT2D eigenvalue weighted by Crippen LogP contribution is 2.11. The summed E-state index contributed by atoms with van der Waals surface area (Å²) in [5.74, 6) is -0.636. The fourth-order valence-corrected chi connectivity index (χ4v) is 3.22. The van der Waals surface area contributed by atoms with Crippen molar-refractivity contribution in [3.63, 3.8) is 0 Å². The Labute approximate surface area is 151 Å². The number of nitrogens with zero attached hydrogens (tertiary/aromatic N) is 1. The molecule has 2 rings (SSSR count). The first kappa shape index (κ1) is 19.6. The summed E-state index contributed by atoms with van der Waals surface area (Å²) in [5, 5.41) is 11.2. The summed E-state index contributed by atoms with van der Waals surface area (Å²) in [6.07, 6.45) is 0.634. The Morgan fingerprint density at radius 3 is 2.31 bits per heavy atom. The monoisotopic (exact) mass is 375 g/mol. The Hall–Kier alpha value is -2.76. The summed E-state index contributed by atoms with van der Waals surface area (Å²) in [4.78, 5) is 12.1. The van der Waals surface area contributed by atoms with Crippen LogP contribution < -0.4 is 10.0 Å². The molecule has 0 aromatic heterocycles. The van der Waals surface area contributed by atoms with Crippen LogP contribution in [0.2, 0.25) is 0 Å². The van der Waals surface area contributed by atoms with E-state index in [1.165, 1.54) is 36.4 Å². The maximum atomic E-state index is 12.8. The van der Waals surface area contributed by atoms with Crippen molar-refractivity contribution >= 4 is 15.9 Å². The first-order valence-electron chi connectivity index (χ1n) is 7.92. The number of sulfonamides is 1. The van der Waals surface area contributed by atoms with Crippen molar-refractivity contribution in [2.75, 3.05) is 13.1 Å². The van der Waals surface area contributed by atoms with Gasteiger partial charge in [-0.05, 0) is 48.4 Å². The number of amides is 1. The van der Waals surface area contributed by atoms with Gasteiger partial charge in [0.05, 0.1) is 11.0 Å². The molecule has 0 fully saturated rings. The molecule has 26 heavy (non-hydrogen) atoms. The average Bonchev–Trinajstić information content (AvgIpc) is 2.63. The average molecular weight is 375 g/mol. The highest BCUT2D eigenvalue weighted by atomic mass is 32.2. The van der Waals surface area contributed by atoms with E-state index in [0.29, 0.717) is 18.5 Å².